The summed E-state index contributed by atoms with van der Waals surface area (Å²) in [6, 6.07) is 34.7. The van der Waals surface area contributed by atoms with Gasteiger partial charge in [0.1, 0.15) is 12.4 Å². The molecule has 4 heteroatoms. The third-order valence-electron chi connectivity index (χ3n) is 6.30. The van der Waals surface area contributed by atoms with Crippen LogP contribution in [-0.2, 0) is 16.8 Å². The fourth-order valence-corrected chi connectivity index (χ4v) is 4.24. The highest BCUT2D eigenvalue weighted by Gasteiger charge is 2.22. The lowest BCUT2D eigenvalue weighted by Gasteiger charge is -2.27. The van der Waals surface area contributed by atoms with Gasteiger partial charge in [-0.2, -0.15) is 0 Å². The fraction of sp³-hybridized carbons (Fsp3) is 0.143. The minimum Gasteiger partial charge on any atom is -0.489 e. The summed E-state index contributed by atoms with van der Waals surface area (Å²) in [6.45, 7) is 4.37. The number of hydrogen-bond donors (Lipinski definition) is 1. The molecule has 1 N–H and O–H groups in total. The molecule has 0 unspecified atom stereocenters. The molecule has 0 saturated heterocycles. The SMILES string of the molecule is CC(C)(NC(=O)Cc1cccc(C(=O)C=Cc2ccccc2OCC=Cc2ccccc2)c1)c1ccccc1. The second-order valence-corrected chi connectivity index (χ2v) is 9.78. The van der Waals surface area contributed by atoms with Crippen molar-refractivity contribution < 1.29 is 14.3 Å². The fourth-order valence-electron chi connectivity index (χ4n) is 4.24. The van der Waals surface area contributed by atoms with Crippen LogP contribution in [0.25, 0.3) is 12.2 Å². The molecule has 4 aromatic rings. The first-order valence-electron chi connectivity index (χ1n) is 13.0. The Kier molecular flexibility index (Phi) is 9.25. The van der Waals surface area contributed by atoms with Crippen molar-refractivity contribution in [3.8, 4) is 5.75 Å². The van der Waals surface area contributed by atoms with Crippen LogP contribution in [0, 0.1) is 0 Å². The summed E-state index contributed by atoms with van der Waals surface area (Å²) in [5.74, 6) is 0.461. The molecule has 4 nitrogen and oxygen atoms in total. The van der Waals surface area contributed by atoms with E-state index in [1.165, 1.54) is 0 Å². The van der Waals surface area contributed by atoms with Gasteiger partial charge in [0, 0.05) is 11.1 Å². The van der Waals surface area contributed by atoms with Gasteiger partial charge in [-0.3, -0.25) is 9.59 Å². The van der Waals surface area contributed by atoms with Crippen LogP contribution in [0.15, 0.2) is 121 Å². The highest BCUT2D eigenvalue weighted by molar-refractivity contribution is 6.07. The number of nitrogens with one attached hydrogen (secondary N) is 1. The Bertz CT molecular complexity index is 1450. The molecule has 0 spiro atoms. The highest BCUT2D eigenvalue weighted by atomic mass is 16.5. The van der Waals surface area contributed by atoms with E-state index in [-0.39, 0.29) is 18.1 Å². The second kappa shape index (κ2) is 13.2. The lowest BCUT2D eigenvalue weighted by molar-refractivity contribution is -0.122. The zero-order chi connectivity index (χ0) is 27.5. The predicted octanol–water partition coefficient (Wildman–Crippen LogP) is 7.27. The summed E-state index contributed by atoms with van der Waals surface area (Å²) in [5.41, 5.74) is 3.77. The Morgan fingerprint density at radius 1 is 0.795 bits per heavy atom. The number of carbonyl (C=O) groups excluding carboxylic acids is 2. The molecule has 0 saturated carbocycles. The van der Waals surface area contributed by atoms with E-state index in [4.69, 9.17) is 4.74 Å². The Hall–Kier alpha value is -4.70. The number of rotatable bonds is 11. The van der Waals surface area contributed by atoms with Crippen molar-refractivity contribution >= 4 is 23.8 Å². The summed E-state index contributed by atoms with van der Waals surface area (Å²) < 4.78 is 5.94. The third-order valence-corrected chi connectivity index (χ3v) is 6.30. The van der Waals surface area contributed by atoms with Gasteiger partial charge < -0.3 is 10.1 Å². The molecule has 196 valence electrons. The number of ether oxygens (including phenoxy) is 1. The van der Waals surface area contributed by atoms with Gasteiger partial charge in [-0.25, -0.2) is 0 Å². The van der Waals surface area contributed by atoms with Crippen molar-refractivity contribution in [2.24, 2.45) is 0 Å². The van der Waals surface area contributed by atoms with E-state index in [0.29, 0.717) is 17.9 Å². The van der Waals surface area contributed by atoms with Crippen LogP contribution in [-0.4, -0.2) is 18.3 Å². The van der Waals surface area contributed by atoms with Crippen molar-refractivity contribution in [3.05, 3.63) is 149 Å². The molecule has 4 rings (SSSR count). The molecule has 0 fully saturated rings. The highest BCUT2D eigenvalue weighted by Crippen LogP contribution is 2.21. The third kappa shape index (κ3) is 8.14. The van der Waals surface area contributed by atoms with Crippen LogP contribution in [0.1, 0.15) is 46.5 Å². The van der Waals surface area contributed by atoms with Gasteiger partial charge in [0.05, 0.1) is 12.0 Å². The number of allylic oxidation sites excluding steroid dienone is 1. The number of benzene rings is 4. The van der Waals surface area contributed by atoms with Gasteiger partial charge in [-0.1, -0.05) is 103 Å². The molecule has 1 amide bonds. The summed E-state index contributed by atoms with van der Waals surface area (Å²) in [5, 5.41) is 3.10. The van der Waals surface area contributed by atoms with Gasteiger partial charge in [-0.05, 0) is 60.9 Å². The van der Waals surface area contributed by atoms with Gasteiger partial charge in [0.15, 0.2) is 5.78 Å². The summed E-state index contributed by atoms with van der Waals surface area (Å²) in [4.78, 5) is 25.7. The maximum absolute atomic E-state index is 13.0. The predicted molar refractivity (Wildman–Crippen MR) is 159 cm³/mol. The van der Waals surface area contributed by atoms with E-state index in [2.05, 4.69) is 5.32 Å². The van der Waals surface area contributed by atoms with E-state index in [1.54, 1.807) is 24.3 Å². The van der Waals surface area contributed by atoms with E-state index in [1.807, 2.05) is 123 Å². The molecule has 0 heterocycles. The molecule has 0 aromatic heterocycles. The molecular weight excluding hydrogens is 482 g/mol. The normalized spacial score (nSPS) is 11.5. The van der Waals surface area contributed by atoms with Crippen molar-refractivity contribution in [3.63, 3.8) is 0 Å². The Labute approximate surface area is 230 Å². The topological polar surface area (TPSA) is 55.4 Å². The number of hydrogen-bond acceptors (Lipinski definition) is 3. The average Bonchev–Trinajstić information content (AvgIpc) is 2.95. The molecule has 0 radical (unpaired) electrons. The number of para-hydroxylation sites is 1. The Morgan fingerprint density at radius 3 is 2.26 bits per heavy atom. The minimum atomic E-state index is -0.499. The first-order chi connectivity index (χ1) is 18.9. The number of carbonyl (C=O) groups is 2. The van der Waals surface area contributed by atoms with Crippen molar-refractivity contribution in [1.82, 2.24) is 5.32 Å². The summed E-state index contributed by atoms with van der Waals surface area (Å²) >= 11 is 0. The molecule has 0 aliphatic rings. The minimum absolute atomic E-state index is 0.101. The average molecular weight is 516 g/mol. The van der Waals surface area contributed by atoms with E-state index < -0.39 is 5.54 Å². The van der Waals surface area contributed by atoms with Crippen LogP contribution >= 0.6 is 0 Å². The van der Waals surface area contributed by atoms with Crippen molar-refractivity contribution in [1.29, 1.82) is 0 Å². The second-order valence-electron chi connectivity index (χ2n) is 9.78. The summed E-state index contributed by atoms with van der Waals surface area (Å²) in [7, 11) is 0. The van der Waals surface area contributed by atoms with Crippen molar-refractivity contribution in [2.75, 3.05) is 6.61 Å². The largest absolute Gasteiger partial charge is 0.489 e. The standard InChI is InChI=1S/C35H33NO3/c1-35(2,31-19-7-4-8-20-31)36-34(38)26-28-15-11-18-30(25-28)32(37)23-22-29-17-9-10-21-33(29)39-24-12-16-27-13-5-3-6-14-27/h3-23,25H,24,26H2,1-2H3,(H,36,38). The monoisotopic (exact) mass is 515 g/mol. The van der Waals surface area contributed by atoms with Crippen LogP contribution in [0.4, 0.5) is 0 Å². The molecule has 0 atom stereocenters. The van der Waals surface area contributed by atoms with Gasteiger partial charge in [0.2, 0.25) is 5.91 Å². The number of ketones is 1. The Morgan fingerprint density at radius 2 is 1.49 bits per heavy atom. The maximum atomic E-state index is 13.0. The van der Waals surface area contributed by atoms with Crippen molar-refractivity contribution in [2.45, 2.75) is 25.8 Å². The molecule has 0 aliphatic carbocycles. The summed E-state index contributed by atoms with van der Waals surface area (Å²) in [6.07, 6.45) is 7.47. The molecular formula is C35H33NO3. The van der Waals surface area contributed by atoms with Crippen LogP contribution in [0.5, 0.6) is 5.75 Å². The lowest BCUT2D eigenvalue weighted by atomic mass is 9.94. The van der Waals surface area contributed by atoms with Gasteiger partial charge in [-0.15, -0.1) is 0 Å². The van der Waals surface area contributed by atoms with Gasteiger partial charge in [0.25, 0.3) is 0 Å². The molecule has 39 heavy (non-hydrogen) atoms. The van der Waals surface area contributed by atoms with E-state index in [9.17, 15) is 9.59 Å². The van der Waals surface area contributed by atoms with Gasteiger partial charge >= 0.3 is 0 Å². The van der Waals surface area contributed by atoms with Crippen LogP contribution < -0.4 is 10.1 Å². The zero-order valence-electron chi connectivity index (χ0n) is 22.3. The molecule has 0 aliphatic heterocycles. The lowest BCUT2D eigenvalue weighted by Crippen LogP contribution is -2.41. The van der Waals surface area contributed by atoms with Crippen LogP contribution in [0.3, 0.4) is 0 Å². The zero-order valence-corrected chi connectivity index (χ0v) is 22.3. The van der Waals surface area contributed by atoms with Crippen LogP contribution in [0.2, 0.25) is 0 Å². The first kappa shape index (κ1) is 27.3. The van der Waals surface area contributed by atoms with E-state index >= 15 is 0 Å². The smallest absolute Gasteiger partial charge is 0.225 e. The first-order valence-corrected chi connectivity index (χ1v) is 13.0. The Balaban J connectivity index is 1.36. The van der Waals surface area contributed by atoms with E-state index in [0.717, 1.165) is 22.3 Å². The number of amides is 1. The quantitative estimate of drug-likeness (QED) is 0.169. The molecule has 4 aromatic carbocycles. The maximum Gasteiger partial charge on any atom is 0.225 e. The molecule has 0 bridgehead atoms.